The Hall–Kier alpha value is -0.520. The molecule has 1 aromatic carbocycles. The van der Waals surface area contributed by atoms with E-state index in [1.54, 1.807) is 10.8 Å². The highest BCUT2D eigenvalue weighted by Gasteiger charge is 2.41. The highest BCUT2D eigenvalue weighted by atomic mass is 35.5. The zero-order valence-corrected chi connectivity index (χ0v) is 13.9. The average Bonchev–Trinajstić information content (AvgIpc) is 3.03. The van der Waals surface area contributed by atoms with Crippen LogP contribution in [0.2, 0.25) is 0 Å². The van der Waals surface area contributed by atoms with Crippen molar-refractivity contribution in [2.75, 3.05) is 12.0 Å². The summed E-state index contributed by atoms with van der Waals surface area (Å²) in [6.45, 7) is 9.12. The molecule has 1 aliphatic heterocycles. The van der Waals surface area contributed by atoms with E-state index in [0.717, 1.165) is 12.0 Å². The molecule has 1 aromatic rings. The lowest BCUT2D eigenvalue weighted by Crippen LogP contribution is -2.33. The highest BCUT2D eigenvalue weighted by molar-refractivity contribution is 7.81. The first kappa shape index (κ1) is 14.9. The van der Waals surface area contributed by atoms with Crippen LogP contribution in [0.5, 0.6) is 0 Å². The van der Waals surface area contributed by atoms with Gasteiger partial charge in [-0.15, -0.1) is 11.6 Å². The van der Waals surface area contributed by atoms with Gasteiger partial charge in [0, 0.05) is 23.3 Å². The van der Waals surface area contributed by atoms with Crippen LogP contribution in [-0.2, 0) is 0 Å². The largest absolute Gasteiger partial charge is 0.366 e. The minimum absolute atomic E-state index is 0.131. The number of nitrogens with zero attached hydrogens (tertiary/aromatic N) is 1. The second-order valence-electron chi connectivity index (χ2n) is 5.47. The van der Waals surface area contributed by atoms with Crippen LogP contribution >= 0.6 is 19.5 Å². The lowest BCUT2D eigenvalue weighted by molar-refractivity contribution is 0.252. The van der Waals surface area contributed by atoms with Crippen molar-refractivity contribution in [2.24, 2.45) is 0 Å². The van der Waals surface area contributed by atoms with Gasteiger partial charge >= 0.3 is 0 Å². The zero-order chi connectivity index (χ0) is 14.0. The van der Waals surface area contributed by atoms with Gasteiger partial charge < -0.3 is 4.90 Å². The SMILES string of the molecule is CC(C)N(C1=C(c2ccccc2)P1CCCl)C(C)C. The van der Waals surface area contributed by atoms with Gasteiger partial charge in [0.1, 0.15) is 0 Å². The predicted molar refractivity (Wildman–Crippen MR) is 88.0 cm³/mol. The quantitative estimate of drug-likeness (QED) is 0.517. The molecule has 0 fully saturated rings. The molecule has 1 aliphatic rings. The van der Waals surface area contributed by atoms with E-state index in [9.17, 15) is 0 Å². The van der Waals surface area contributed by atoms with Gasteiger partial charge in [0.05, 0.1) is 5.44 Å². The number of alkyl halides is 1. The molecule has 1 heterocycles. The standard InChI is InChI=1S/C16H23ClNP/c1-12(2)18(13(3)4)16-15(19(16)11-10-17)14-8-6-5-7-9-14/h5-9,12-13H,10-11H2,1-4H3. The van der Waals surface area contributed by atoms with Gasteiger partial charge in [0.2, 0.25) is 0 Å². The Kier molecular flexibility index (Phi) is 4.92. The van der Waals surface area contributed by atoms with Crippen molar-refractivity contribution in [1.82, 2.24) is 4.90 Å². The van der Waals surface area contributed by atoms with Gasteiger partial charge in [0.25, 0.3) is 0 Å². The molecule has 0 radical (unpaired) electrons. The van der Waals surface area contributed by atoms with Crippen molar-refractivity contribution < 1.29 is 0 Å². The molecule has 2 rings (SSSR count). The Morgan fingerprint density at radius 1 is 1.05 bits per heavy atom. The number of hydrogen-bond acceptors (Lipinski definition) is 1. The Labute approximate surface area is 123 Å². The van der Waals surface area contributed by atoms with E-state index in [-0.39, 0.29) is 7.92 Å². The van der Waals surface area contributed by atoms with Gasteiger partial charge in [-0.1, -0.05) is 30.3 Å². The molecule has 0 saturated heterocycles. The number of hydrogen-bond donors (Lipinski definition) is 0. The Bertz CT molecular complexity index is 445. The lowest BCUT2D eigenvalue weighted by atomic mass is 10.2. The van der Waals surface area contributed by atoms with Gasteiger partial charge in [-0.3, -0.25) is 0 Å². The van der Waals surface area contributed by atoms with Crippen molar-refractivity contribution in [3.05, 3.63) is 41.3 Å². The molecule has 1 unspecified atom stereocenters. The fourth-order valence-electron chi connectivity index (χ4n) is 2.72. The summed E-state index contributed by atoms with van der Waals surface area (Å²) in [4.78, 5) is 2.57. The molecule has 0 saturated carbocycles. The molecule has 0 aromatic heterocycles. The van der Waals surface area contributed by atoms with E-state index >= 15 is 0 Å². The summed E-state index contributed by atoms with van der Waals surface area (Å²) in [6, 6.07) is 11.9. The molecule has 19 heavy (non-hydrogen) atoms. The first-order valence-corrected chi connectivity index (χ1v) is 9.05. The van der Waals surface area contributed by atoms with E-state index < -0.39 is 0 Å². The van der Waals surface area contributed by atoms with Crippen molar-refractivity contribution in [2.45, 2.75) is 39.8 Å². The Morgan fingerprint density at radius 3 is 2.11 bits per heavy atom. The summed E-state index contributed by atoms with van der Waals surface area (Å²) in [5.74, 6) is 0.759. The fraction of sp³-hybridized carbons (Fsp3) is 0.500. The maximum Gasteiger partial charge on any atom is 0.0509 e. The molecule has 1 atom stereocenters. The van der Waals surface area contributed by atoms with Gasteiger partial charge in [0.15, 0.2) is 0 Å². The summed E-state index contributed by atoms with van der Waals surface area (Å²) >= 11 is 5.99. The first-order chi connectivity index (χ1) is 9.07. The molecule has 0 aliphatic carbocycles. The third-order valence-corrected chi connectivity index (χ3v) is 6.28. The van der Waals surface area contributed by atoms with Crippen molar-refractivity contribution >= 4 is 24.8 Å². The van der Waals surface area contributed by atoms with Gasteiger partial charge in [-0.2, -0.15) is 0 Å². The molecule has 0 spiro atoms. The van der Waals surface area contributed by atoms with Crippen molar-refractivity contribution in [3.63, 3.8) is 0 Å². The normalized spacial score (nSPS) is 18.4. The van der Waals surface area contributed by atoms with Gasteiger partial charge in [-0.05, 0) is 47.3 Å². The molecule has 3 heteroatoms. The fourth-order valence-corrected chi connectivity index (χ4v) is 5.86. The van der Waals surface area contributed by atoms with Crippen LogP contribution in [-0.4, -0.2) is 29.0 Å². The molecular formula is C16H23ClNP. The molecule has 1 nitrogen and oxygen atoms in total. The maximum absolute atomic E-state index is 5.99. The van der Waals surface area contributed by atoms with Gasteiger partial charge in [-0.25, -0.2) is 0 Å². The topological polar surface area (TPSA) is 3.24 Å². The highest BCUT2D eigenvalue weighted by Crippen LogP contribution is 2.75. The molecular weight excluding hydrogens is 273 g/mol. The molecule has 104 valence electrons. The van der Waals surface area contributed by atoms with Crippen molar-refractivity contribution in [1.29, 1.82) is 0 Å². The predicted octanol–water partition coefficient (Wildman–Crippen LogP) is 5.17. The first-order valence-electron chi connectivity index (χ1n) is 6.99. The minimum Gasteiger partial charge on any atom is -0.366 e. The summed E-state index contributed by atoms with van der Waals surface area (Å²) < 4.78 is 0. The van der Waals surface area contributed by atoms with E-state index in [0.29, 0.717) is 12.1 Å². The Balaban J connectivity index is 2.31. The second kappa shape index (κ2) is 6.29. The van der Waals surface area contributed by atoms with Crippen LogP contribution in [0.15, 0.2) is 35.8 Å². The van der Waals surface area contributed by atoms with Crippen LogP contribution < -0.4 is 0 Å². The van der Waals surface area contributed by atoms with Crippen LogP contribution in [0.4, 0.5) is 0 Å². The van der Waals surface area contributed by atoms with Crippen LogP contribution in [0.25, 0.3) is 5.31 Å². The third-order valence-electron chi connectivity index (χ3n) is 3.40. The lowest BCUT2D eigenvalue weighted by Gasteiger charge is -2.31. The smallest absolute Gasteiger partial charge is 0.0509 e. The minimum atomic E-state index is -0.131. The summed E-state index contributed by atoms with van der Waals surface area (Å²) in [5, 5.41) is 1.57. The monoisotopic (exact) mass is 295 g/mol. The van der Waals surface area contributed by atoms with E-state index in [2.05, 4.69) is 62.9 Å². The maximum atomic E-state index is 5.99. The van der Waals surface area contributed by atoms with E-state index in [1.165, 1.54) is 5.56 Å². The number of benzene rings is 1. The zero-order valence-electron chi connectivity index (χ0n) is 12.2. The van der Waals surface area contributed by atoms with E-state index in [4.69, 9.17) is 11.6 Å². The second-order valence-corrected chi connectivity index (χ2v) is 8.03. The molecule has 0 bridgehead atoms. The summed E-state index contributed by atoms with van der Waals surface area (Å²) in [6.07, 6.45) is 1.12. The third kappa shape index (κ3) is 3.15. The van der Waals surface area contributed by atoms with Crippen LogP contribution in [0, 0.1) is 0 Å². The number of halogens is 1. The summed E-state index contributed by atoms with van der Waals surface area (Å²) in [7, 11) is -0.131. The van der Waals surface area contributed by atoms with Crippen LogP contribution in [0.1, 0.15) is 33.3 Å². The average molecular weight is 296 g/mol. The van der Waals surface area contributed by atoms with Crippen molar-refractivity contribution in [3.8, 4) is 0 Å². The molecule has 0 N–H and O–H groups in total. The number of rotatable bonds is 6. The summed E-state index contributed by atoms with van der Waals surface area (Å²) in [5.41, 5.74) is 2.96. The van der Waals surface area contributed by atoms with E-state index in [1.807, 2.05) is 0 Å². The van der Waals surface area contributed by atoms with Crippen LogP contribution in [0.3, 0.4) is 0 Å². The molecule has 0 amide bonds. The Morgan fingerprint density at radius 2 is 1.63 bits per heavy atom.